The lowest BCUT2D eigenvalue weighted by Gasteiger charge is -2.29. The number of fused-ring (bicyclic) bond motifs is 1. The number of hydrogen-bond donors (Lipinski definition) is 1. The molecule has 1 aliphatic rings. The Morgan fingerprint density at radius 3 is 2.62 bits per heavy atom. The molecule has 0 bridgehead atoms. The Hall–Kier alpha value is -3.13. The van der Waals surface area contributed by atoms with Gasteiger partial charge in [0.15, 0.2) is 0 Å². The number of benzene rings is 2. The third kappa shape index (κ3) is 3.06. The Balaban J connectivity index is 2.14. The van der Waals surface area contributed by atoms with E-state index < -0.39 is 0 Å². The van der Waals surface area contributed by atoms with Crippen molar-refractivity contribution in [1.29, 1.82) is 5.26 Å². The highest BCUT2D eigenvalue weighted by Gasteiger charge is 2.31. The number of nitrogens with zero attached hydrogens (tertiary/aromatic N) is 2. The van der Waals surface area contributed by atoms with Crippen molar-refractivity contribution in [3.05, 3.63) is 65.0 Å². The molecule has 26 heavy (non-hydrogen) atoms. The molecule has 0 fully saturated rings. The Morgan fingerprint density at radius 2 is 1.96 bits per heavy atom. The molecule has 2 N–H and O–H groups in total. The van der Waals surface area contributed by atoms with Crippen LogP contribution in [0.1, 0.15) is 30.9 Å². The number of ether oxygens (including phenoxy) is 2. The highest BCUT2D eigenvalue weighted by molar-refractivity contribution is 5.61. The number of nitriles is 1. The molecule has 3 rings (SSSR count). The van der Waals surface area contributed by atoms with Gasteiger partial charge in [0.05, 0.1) is 13.0 Å². The molecule has 0 unspecified atom stereocenters. The SMILES string of the molecule is CCN(CC)c1ccc2c(c1)OC(N)=C(C#N)[C@H]2c1cccc(OC)c1. The third-order valence-corrected chi connectivity index (χ3v) is 4.76. The molecule has 0 radical (unpaired) electrons. The molecule has 0 saturated carbocycles. The van der Waals surface area contributed by atoms with Gasteiger partial charge in [-0.3, -0.25) is 0 Å². The number of anilines is 1. The molecule has 2 aromatic carbocycles. The molecule has 0 aromatic heterocycles. The van der Waals surface area contributed by atoms with E-state index in [-0.39, 0.29) is 11.8 Å². The maximum Gasteiger partial charge on any atom is 0.205 e. The lowest BCUT2D eigenvalue weighted by atomic mass is 9.83. The largest absolute Gasteiger partial charge is 0.497 e. The smallest absolute Gasteiger partial charge is 0.205 e. The van der Waals surface area contributed by atoms with Gasteiger partial charge in [-0.2, -0.15) is 5.26 Å². The molecular weight excluding hydrogens is 326 g/mol. The van der Waals surface area contributed by atoms with Gasteiger partial charge in [0, 0.05) is 30.4 Å². The second-order valence-corrected chi connectivity index (χ2v) is 6.10. The van der Waals surface area contributed by atoms with Gasteiger partial charge >= 0.3 is 0 Å². The molecular formula is C21H23N3O2. The number of allylic oxidation sites excluding steroid dienone is 1. The summed E-state index contributed by atoms with van der Waals surface area (Å²) in [6, 6.07) is 16.0. The van der Waals surface area contributed by atoms with Crippen LogP contribution in [0.4, 0.5) is 5.69 Å². The molecule has 1 atom stereocenters. The van der Waals surface area contributed by atoms with Crippen molar-refractivity contribution in [1.82, 2.24) is 0 Å². The monoisotopic (exact) mass is 349 g/mol. The van der Waals surface area contributed by atoms with Crippen LogP contribution in [0.25, 0.3) is 0 Å². The van der Waals surface area contributed by atoms with Gasteiger partial charge in [-0.15, -0.1) is 0 Å². The predicted molar refractivity (Wildman–Crippen MR) is 102 cm³/mol. The van der Waals surface area contributed by atoms with E-state index in [0.29, 0.717) is 11.3 Å². The fourth-order valence-electron chi connectivity index (χ4n) is 3.39. The van der Waals surface area contributed by atoms with Gasteiger partial charge in [0.25, 0.3) is 0 Å². The zero-order valence-electron chi connectivity index (χ0n) is 15.3. The number of nitrogens with two attached hydrogens (primary N) is 1. The Labute approximate surface area is 154 Å². The highest BCUT2D eigenvalue weighted by Crippen LogP contribution is 2.43. The van der Waals surface area contributed by atoms with Crippen molar-refractivity contribution in [2.75, 3.05) is 25.1 Å². The van der Waals surface area contributed by atoms with E-state index in [2.05, 4.69) is 30.9 Å². The molecule has 134 valence electrons. The summed E-state index contributed by atoms with van der Waals surface area (Å²) in [5.41, 5.74) is 9.46. The van der Waals surface area contributed by atoms with Crippen LogP contribution in [0.15, 0.2) is 53.9 Å². The lowest BCUT2D eigenvalue weighted by molar-refractivity contribution is 0.393. The lowest BCUT2D eigenvalue weighted by Crippen LogP contribution is -2.24. The van der Waals surface area contributed by atoms with E-state index in [9.17, 15) is 5.26 Å². The minimum absolute atomic E-state index is 0.157. The molecule has 0 aliphatic carbocycles. The van der Waals surface area contributed by atoms with E-state index in [1.54, 1.807) is 7.11 Å². The zero-order chi connectivity index (χ0) is 18.7. The van der Waals surface area contributed by atoms with Crippen LogP contribution in [0, 0.1) is 11.3 Å². The standard InChI is InChI=1S/C21H23N3O2/c1-4-24(5-2)15-9-10-17-19(12-15)26-21(23)18(13-22)20(17)14-7-6-8-16(11-14)25-3/h6-12,20H,4-5,23H2,1-3H3/t20-/m0/s1. The maximum absolute atomic E-state index is 9.66. The fraction of sp³-hybridized carbons (Fsp3) is 0.286. The van der Waals surface area contributed by atoms with E-state index in [4.69, 9.17) is 15.2 Å². The molecule has 2 aromatic rings. The summed E-state index contributed by atoms with van der Waals surface area (Å²) in [6.07, 6.45) is 0. The Morgan fingerprint density at radius 1 is 1.19 bits per heavy atom. The summed E-state index contributed by atoms with van der Waals surface area (Å²) in [6.45, 7) is 6.04. The first-order valence-electron chi connectivity index (χ1n) is 8.73. The summed E-state index contributed by atoms with van der Waals surface area (Å²) >= 11 is 0. The van der Waals surface area contributed by atoms with Crippen molar-refractivity contribution >= 4 is 5.69 Å². The van der Waals surface area contributed by atoms with Gasteiger partial charge in [0.1, 0.15) is 23.1 Å². The minimum atomic E-state index is -0.274. The highest BCUT2D eigenvalue weighted by atomic mass is 16.5. The quantitative estimate of drug-likeness (QED) is 0.890. The summed E-state index contributed by atoms with van der Waals surface area (Å²) in [5, 5.41) is 9.66. The fourth-order valence-corrected chi connectivity index (χ4v) is 3.39. The molecule has 0 amide bonds. The number of rotatable bonds is 5. The molecule has 0 spiro atoms. The first-order valence-corrected chi connectivity index (χ1v) is 8.73. The van der Waals surface area contributed by atoms with Crippen LogP contribution < -0.4 is 20.1 Å². The molecule has 1 heterocycles. The van der Waals surface area contributed by atoms with Crippen LogP contribution in [0.3, 0.4) is 0 Å². The first kappa shape index (κ1) is 17.7. The molecule has 5 nitrogen and oxygen atoms in total. The third-order valence-electron chi connectivity index (χ3n) is 4.76. The molecule has 5 heteroatoms. The van der Waals surface area contributed by atoms with Gasteiger partial charge in [-0.05, 0) is 37.6 Å². The van der Waals surface area contributed by atoms with Crippen molar-refractivity contribution < 1.29 is 9.47 Å². The van der Waals surface area contributed by atoms with E-state index >= 15 is 0 Å². The van der Waals surface area contributed by atoms with Crippen molar-refractivity contribution in [2.24, 2.45) is 5.73 Å². The number of hydrogen-bond acceptors (Lipinski definition) is 5. The summed E-state index contributed by atoms with van der Waals surface area (Å²) in [7, 11) is 1.63. The van der Waals surface area contributed by atoms with Gasteiger partial charge in [0.2, 0.25) is 5.88 Å². The normalized spacial score (nSPS) is 15.7. The van der Waals surface area contributed by atoms with Crippen LogP contribution >= 0.6 is 0 Å². The summed E-state index contributed by atoms with van der Waals surface area (Å²) in [4.78, 5) is 2.24. The van der Waals surface area contributed by atoms with E-state index in [0.717, 1.165) is 35.7 Å². The van der Waals surface area contributed by atoms with Crippen LogP contribution in [-0.4, -0.2) is 20.2 Å². The molecule has 0 saturated heterocycles. The average Bonchev–Trinajstić information content (AvgIpc) is 2.67. The van der Waals surface area contributed by atoms with Crippen LogP contribution in [0.5, 0.6) is 11.5 Å². The topological polar surface area (TPSA) is 71.5 Å². The Bertz CT molecular complexity index is 879. The second-order valence-electron chi connectivity index (χ2n) is 6.10. The van der Waals surface area contributed by atoms with Crippen LogP contribution in [-0.2, 0) is 0 Å². The molecule has 1 aliphatic heterocycles. The van der Waals surface area contributed by atoms with Gasteiger partial charge in [-0.25, -0.2) is 0 Å². The van der Waals surface area contributed by atoms with Crippen molar-refractivity contribution in [3.63, 3.8) is 0 Å². The number of methoxy groups -OCH3 is 1. The second kappa shape index (κ2) is 7.40. The van der Waals surface area contributed by atoms with Crippen molar-refractivity contribution in [2.45, 2.75) is 19.8 Å². The zero-order valence-corrected chi connectivity index (χ0v) is 15.3. The van der Waals surface area contributed by atoms with Gasteiger partial charge < -0.3 is 20.1 Å². The van der Waals surface area contributed by atoms with Gasteiger partial charge in [-0.1, -0.05) is 18.2 Å². The van der Waals surface area contributed by atoms with Crippen LogP contribution in [0.2, 0.25) is 0 Å². The van der Waals surface area contributed by atoms with Crippen molar-refractivity contribution in [3.8, 4) is 17.6 Å². The average molecular weight is 349 g/mol. The maximum atomic E-state index is 9.66. The summed E-state index contributed by atoms with van der Waals surface area (Å²) < 4.78 is 11.1. The first-order chi connectivity index (χ1) is 12.6. The Kier molecular flexibility index (Phi) is 5.04. The van der Waals surface area contributed by atoms with E-state index in [1.165, 1.54) is 0 Å². The van der Waals surface area contributed by atoms with E-state index in [1.807, 2.05) is 36.4 Å². The minimum Gasteiger partial charge on any atom is -0.497 e. The predicted octanol–water partition coefficient (Wildman–Crippen LogP) is 3.76. The summed E-state index contributed by atoms with van der Waals surface area (Å²) in [5.74, 6) is 1.32.